The molecule has 38 heavy (non-hydrogen) atoms. The molecule has 0 heterocycles. The number of aliphatic hydroxyl groups excluding tert-OH is 2. The maximum Gasteiger partial charge on any atom is 0.331 e. The van der Waals surface area contributed by atoms with Crippen molar-refractivity contribution in [3.8, 4) is 22.6 Å². The largest absolute Gasteiger partial charge is 0.506 e. The third kappa shape index (κ3) is 6.84. The van der Waals surface area contributed by atoms with Crippen molar-refractivity contribution in [2.45, 2.75) is 38.1 Å². The molecule has 12 nitrogen and oxygen atoms in total. The van der Waals surface area contributed by atoms with E-state index in [-0.39, 0.29) is 32.3 Å². The average molecular weight is 573 g/mol. The van der Waals surface area contributed by atoms with Crippen molar-refractivity contribution in [3.63, 3.8) is 0 Å². The topological polar surface area (TPSA) is 192 Å². The van der Waals surface area contributed by atoms with E-state index in [1.54, 1.807) is 0 Å². The van der Waals surface area contributed by atoms with E-state index in [0.717, 1.165) is 52.3 Å². The Bertz CT molecular complexity index is 1160. The van der Waals surface area contributed by atoms with Crippen LogP contribution in [0, 0.1) is 0 Å². The lowest BCUT2D eigenvalue weighted by Gasteiger charge is -2.24. The molecule has 0 aliphatic carbocycles. The van der Waals surface area contributed by atoms with Crippen molar-refractivity contribution >= 4 is 47.0 Å². The number of carbonyl (C=O) groups excluding carboxylic acids is 4. The van der Waals surface area contributed by atoms with Crippen LogP contribution in [0.5, 0.6) is 11.5 Å². The molecule has 0 unspecified atom stereocenters. The van der Waals surface area contributed by atoms with Crippen molar-refractivity contribution in [1.82, 2.24) is 10.6 Å². The van der Waals surface area contributed by atoms with E-state index in [1.807, 2.05) is 0 Å². The van der Waals surface area contributed by atoms with Gasteiger partial charge in [0.25, 0.3) is 0 Å². The first-order valence-electron chi connectivity index (χ1n) is 10.8. The van der Waals surface area contributed by atoms with Gasteiger partial charge >= 0.3 is 11.9 Å². The Morgan fingerprint density at radius 1 is 0.711 bits per heavy atom. The van der Waals surface area contributed by atoms with Gasteiger partial charge in [0.15, 0.2) is 12.1 Å². The van der Waals surface area contributed by atoms with E-state index in [0.29, 0.717) is 0 Å². The minimum absolute atomic E-state index is 0.0703. The molecule has 0 aliphatic heterocycles. The van der Waals surface area contributed by atoms with Crippen molar-refractivity contribution in [3.05, 3.63) is 45.4 Å². The summed E-state index contributed by atoms with van der Waals surface area (Å²) in [6, 6.07) is 1.49. The summed E-state index contributed by atoms with van der Waals surface area (Å²) in [4.78, 5) is 47.5. The number of benzene rings is 2. The molecule has 2 rings (SSSR count). The molecular weight excluding hydrogens is 547 g/mol. The van der Waals surface area contributed by atoms with Crippen LogP contribution in [0.15, 0.2) is 24.3 Å². The van der Waals surface area contributed by atoms with E-state index in [9.17, 15) is 39.6 Å². The molecule has 2 aromatic rings. The molecule has 14 heteroatoms. The van der Waals surface area contributed by atoms with Crippen LogP contribution in [0.4, 0.5) is 0 Å². The van der Waals surface area contributed by atoms with Crippen LogP contribution in [0.3, 0.4) is 0 Å². The first-order valence-corrected chi connectivity index (χ1v) is 11.6. The fraction of sp³-hybridized carbons (Fsp3) is 0.333. The monoisotopic (exact) mass is 572 g/mol. The molecule has 6 N–H and O–H groups in total. The third-order valence-electron chi connectivity index (χ3n) is 5.40. The summed E-state index contributed by atoms with van der Waals surface area (Å²) in [5.74, 6) is -4.37. The number of aliphatic hydroxyl groups is 2. The number of rotatable bonds is 9. The van der Waals surface area contributed by atoms with Crippen molar-refractivity contribution in [2.75, 3.05) is 14.2 Å². The quantitative estimate of drug-likeness (QED) is 0.240. The summed E-state index contributed by atoms with van der Waals surface area (Å²) in [5, 5.41) is 47.0. The smallest absolute Gasteiger partial charge is 0.331 e. The minimum atomic E-state index is -1.71. The zero-order valence-corrected chi connectivity index (χ0v) is 22.1. The molecule has 0 aliphatic rings. The highest BCUT2D eigenvalue weighted by molar-refractivity contribution is 6.33. The van der Waals surface area contributed by atoms with Gasteiger partial charge in [0, 0.05) is 25.0 Å². The Morgan fingerprint density at radius 2 is 1.03 bits per heavy atom. The number of carbonyl (C=O) groups is 4. The zero-order chi connectivity index (χ0) is 28.9. The second-order valence-corrected chi connectivity index (χ2v) is 8.90. The summed E-state index contributed by atoms with van der Waals surface area (Å²) < 4.78 is 9.26. The van der Waals surface area contributed by atoms with E-state index in [4.69, 9.17) is 23.2 Å². The third-order valence-corrected chi connectivity index (χ3v) is 5.98. The van der Waals surface area contributed by atoms with E-state index < -0.39 is 59.5 Å². The summed E-state index contributed by atoms with van der Waals surface area (Å²) in [5.41, 5.74) is -0.528. The number of hydrogen-bond donors (Lipinski definition) is 6. The van der Waals surface area contributed by atoms with Gasteiger partial charge in [0.05, 0.1) is 24.3 Å². The molecule has 0 saturated heterocycles. The molecule has 2 aromatic carbocycles. The number of methoxy groups -OCH3 is 2. The second-order valence-electron chi connectivity index (χ2n) is 8.09. The van der Waals surface area contributed by atoms with Crippen LogP contribution < -0.4 is 10.6 Å². The standard InChI is InChI=1S/C24H26Cl2N2O10/c1-9(29)27-17(23(35)37-3)19(31)11-5-13(21(33)15(25)7-11)14-6-12(8-16(26)22(14)34)20(32)18(24(36)38-4)28-10(2)30/h5-8,17-20,31-34H,1-4H3,(H,27,29)(H,28,30)/t17-,18-,19+,20+/m0/s1. The second kappa shape index (κ2) is 12.8. The first kappa shape index (κ1) is 30.6. The van der Waals surface area contributed by atoms with Crippen molar-refractivity contribution in [1.29, 1.82) is 0 Å². The van der Waals surface area contributed by atoms with Gasteiger partial charge in [-0.3, -0.25) is 9.59 Å². The molecule has 0 spiro atoms. The van der Waals surface area contributed by atoms with E-state index >= 15 is 0 Å². The molecule has 0 bridgehead atoms. The Morgan fingerprint density at radius 3 is 1.29 bits per heavy atom. The maximum absolute atomic E-state index is 12.2. The predicted molar refractivity (Wildman–Crippen MR) is 134 cm³/mol. The Balaban J connectivity index is 2.69. The maximum atomic E-state index is 12.2. The van der Waals surface area contributed by atoms with Gasteiger partial charge in [-0.2, -0.15) is 0 Å². The Labute approximate surface area is 227 Å². The summed E-state index contributed by atoms with van der Waals surface area (Å²) in [6.45, 7) is 2.24. The predicted octanol–water partition coefficient (Wildman–Crippen LogP) is 1.49. The van der Waals surface area contributed by atoms with Crippen LogP contribution in [0.1, 0.15) is 37.2 Å². The molecule has 4 atom stereocenters. The SMILES string of the molecule is COC(=O)[C@@H](NC(C)=O)[C@H](O)c1cc(Cl)c(O)c(-c2cc([C@@H](O)[C@H](NC(C)=O)C(=O)OC)cc(Cl)c2O)c1. The number of ether oxygens (including phenoxy) is 2. The van der Waals surface area contributed by atoms with Gasteiger partial charge in [-0.05, 0) is 35.4 Å². The molecule has 2 amide bonds. The number of hydrogen-bond acceptors (Lipinski definition) is 10. The van der Waals surface area contributed by atoms with Gasteiger partial charge in [-0.1, -0.05) is 23.2 Å². The number of nitrogens with one attached hydrogen (secondary N) is 2. The molecule has 0 saturated carbocycles. The molecule has 0 fully saturated rings. The number of esters is 2. The number of phenols is 2. The molecule has 0 aromatic heterocycles. The first-order chi connectivity index (χ1) is 17.7. The Hall–Kier alpha value is -3.58. The zero-order valence-electron chi connectivity index (χ0n) is 20.6. The van der Waals surface area contributed by atoms with Crippen molar-refractivity contribution < 1.29 is 49.1 Å². The van der Waals surface area contributed by atoms with Crippen LogP contribution >= 0.6 is 23.2 Å². The van der Waals surface area contributed by atoms with Gasteiger partial charge in [0.1, 0.15) is 23.7 Å². The van der Waals surface area contributed by atoms with Crippen LogP contribution in [-0.2, 0) is 28.7 Å². The van der Waals surface area contributed by atoms with Gasteiger partial charge in [0.2, 0.25) is 11.8 Å². The van der Waals surface area contributed by atoms with Crippen LogP contribution in [0.2, 0.25) is 10.0 Å². The van der Waals surface area contributed by atoms with Crippen molar-refractivity contribution in [2.24, 2.45) is 0 Å². The van der Waals surface area contributed by atoms with Crippen LogP contribution in [-0.4, -0.2) is 70.5 Å². The lowest BCUT2D eigenvalue weighted by molar-refractivity contribution is -0.148. The molecular formula is C24H26Cl2N2O10. The van der Waals surface area contributed by atoms with Gasteiger partial charge < -0.3 is 40.5 Å². The summed E-state index contributed by atoms with van der Waals surface area (Å²) >= 11 is 12.3. The lowest BCUT2D eigenvalue weighted by atomic mass is 9.93. The number of amides is 2. The lowest BCUT2D eigenvalue weighted by Crippen LogP contribution is -2.44. The fourth-order valence-electron chi connectivity index (χ4n) is 3.60. The van der Waals surface area contributed by atoms with Gasteiger partial charge in [-0.15, -0.1) is 0 Å². The van der Waals surface area contributed by atoms with Crippen LogP contribution in [0.25, 0.3) is 11.1 Å². The number of halogens is 2. The summed E-state index contributed by atoms with van der Waals surface area (Å²) in [6.07, 6.45) is -3.42. The van der Waals surface area contributed by atoms with E-state index in [1.165, 1.54) is 0 Å². The highest BCUT2D eigenvalue weighted by atomic mass is 35.5. The highest BCUT2D eigenvalue weighted by Gasteiger charge is 2.33. The Kier molecular flexibility index (Phi) is 10.3. The fourth-order valence-corrected chi connectivity index (χ4v) is 4.06. The molecule has 0 radical (unpaired) electrons. The normalized spacial score (nSPS) is 14.0. The summed E-state index contributed by atoms with van der Waals surface area (Å²) in [7, 11) is 2.11. The minimum Gasteiger partial charge on any atom is -0.506 e. The van der Waals surface area contributed by atoms with Gasteiger partial charge in [-0.25, -0.2) is 9.59 Å². The number of phenolic OH excluding ortho intramolecular Hbond substituents is 2. The van der Waals surface area contributed by atoms with E-state index in [2.05, 4.69) is 20.1 Å². The number of aromatic hydroxyl groups is 2. The average Bonchev–Trinajstić information content (AvgIpc) is 2.87. The molecule has 206 valence electrons. The highest BCUT2D eigenvalue weighted by Crippen LogP contribution is 2.45.